The number of pyridine rings is 1. The van der Waals surface area contributed by atoms with Gasteiger partial charge in [0.1, 0.15) is 12.4 Å². The van der Waals surface area contributed by atoms with Gasteiger partial charge >= 0.3 is 0 Å². The Hall–Kier alpha value is -2.17. The predicted molar refractivity (Wildman–Crippen MR) is 102 cm³/mol. The van der Waals surface area contributed by atoms with Crippen molar-refractivity contribution in [3.63, 3.8) is 0 Å². The fourth-order valence-corrected chi connectivity index (χ4v) is 4.35. The maximum absolute atomic E-state index is 5.91. The van der Waals surface area contributed by atoms with E-state index in [0.717, 1.165) is 31.0 Å². The minimum Gasteiger partial charge on any atom is -0.487 e. The summed E-state index contributed by atoms with van der Waals surface area (Å²) in [5.41, 5.74) is 3.74. The molecule has 0 saturated heterocycles. The van der Waals surface area contributed by atoms with Crippen LogP contribution in [0.2, 0.25) is 0 Å². The lowest BCUT2D eigenvalue weighted by molar-refractivity contribution is 0.191. The van der Waals surface area contributed by atoms with Crippen LogP contribution in [0.3, 0.4) is 0 Å². The molecule has 0 spiro atoms. The average Bonchev–Trinajstić information content (AvgIpc) is 3.13. The van der Waals surface area contributed by atoms with Gasteiger partial charge in [0.15, 0.2) is 0 Å². The van der Waals surface area contributed by atoms with Crippen molar-refractivity contribution in [2.45, 2.75) is 32.5 Å². The van der Waals surface area contributed by atoms with Gasteiger partial charge in [0.05, 0.1) is 5.69 Å². The van der Waals surface area contributed by atoms with Crippen molar-refractivity contribution in [2.75, 3.05) is 6.54 Å². The zero-order valence-electron chi connectivity index (χ0n) is 14.4. The van der Waals surface area contributed by atoms with E-state index in [1.165, 1.54) is 11.1 Å². The number of hydrogen-bond acceptors (Lipinski definition) is 4. The molecule has 1 aliphatic heterocycles. The highest BCUT2D eigenvalue weighted by atomic mass is 32.1. The Bertz CT molecular complexity index is 831. The highest BCUT2D eigenvalue weighted by Gasteiger charge is 2.24. The van der Waals surface area contributed by atoms with Crippen LogP contribution in [0, 0.1) is 0 Å². The lowest BCUT2D eigenvalue weighted by atomic mass is 10.0. The minimum absolute atomic E-state index is 0.480. The molecule has 0 amide bonds. The molecule has 1 aromatic carbocycles. The molecule has 1 atom stereocenters. The topological polar surface area (TPSA) is 25.4 Å². The van der Waals surface area contributed by atoms with Crippen LogP contribution in [0.4, 0.5) is 0 Å². The molecule has 0 radical (unpaired) electrons. The van der Waals surface area contributed by atoms with Crippen LogP contribution >= 0.6 is 11.3 Å². The van der Waals surface area contributed by atoms with E-state index in [9.17, 15) is 0 Å². The molecular weight excluding hydrogens is 328 g/mol. The fourth-order valence-electron chi connectivity index (χ4n) is 3.39. The van der Waals surface area contributed by atoms with Crippen molar-refractivity contribution in [1.29, 1.82) is 0 Å². The van der Waals surface area contributed by atoms with E-state index >= 15 is 0 Å². The zero-order valence-corrected chi connectivity index (χ0v) is 15.2. The van der Waals surface area contributed by atoms with Gasteiger partial charge in [-0.15, -0.1) is 11.3 Å². The third-order valence-corrected chi connectivity index (χ3v) is 5.80. The molecule has 0 fully saturated rings. The van der Waals surface area contributed by atoms with Gasteiger partial charge < -0.3 is 4.74 Å². The highest BCUT2D eigenvalue weighted by molar-refractivity contribution is 7.10. The van der Waals surface area contributed by atoms with Crippen LogP contribution in [0.15, 0.2) is 60.1 Å². The SMILES string of the molecule is CC1c2ccsc2CCN1Cc1cccc(OCc2ccccn2)c1. The quantitative estimate of drug-likeness (QED) is 0.658. The fraction of sp³-hybridized carbons (Fsp3) is 0.286. The third-order valence-electron chi connectivity index (χ3n) is 4.80. The molecule has 1 aliphatic rings. The smallest absolute Gasteiger partial charge is 0.130 e. The predicted octanol–water partition coefficient (Wildman–Crippen LogP) is 4.84. The molecule has 128 valence electrons. The molecule has 3 heterocycles. The summed E-state index contributed by atoms with van der Waals surface area (Å²) in [5.74, 6) is 0.907. The molecule has 4 heteroatoms. The summed E-state index contributed by atoms with van der Waals surface area (Å²) in [6.07, 6.45) is 2.96. The first-order chi connectivity index (χ1) is 12.3. The van der Waals surface area contributed by atoms with E-state index in [1.807, 2.05) is 35.6 Å². The summed E-state index contributed by atoms with van der Waals surface area (Å²) in [7, 11) is 0. The Kier molecular flexibility index (Phi) is 4.81. The summed E-state index contributed by atoms with van der Waals surface area (Å²) in [4.78, 5) is 8.40. The number of fused-ring (bicyclic) bond motifs is 1. The standard InChI is InChI=1S/C21H22N2OS/c1-16-20-9-12-25-21(20)8-11-23(16)14-17-5-4-7-19(13-17)24-15-18-6-2-3-10-22-18/h2-7,9-10,12-13,16H,8,11,14-15H2,1H3. The van der Waals surface area contributed by atoms with Crippen LogP contribution in [0.1, 0.15) is 34.7 Å². The van der Waals surface area contributed by atoms with Crippen molar-refractivity contribution in [1.82, 2.24) is 9.88 Å². The molecular formula is C21H22N2OS. The van der Waals surface area contributed by atoms with Gasteiger partial charge in [0.2, 0.25) is 0 Å². The molecule has 2 aromatic heterocycles. The maximum Gasteiger partial charge on any atom is 0.130 e. The summed E-state index contributed by atoms with van der Waals surface area (Å²) in [5, 5.41) is 2.22. The second-order valence-corrected chi connectivity index (χ2v) is 7.45. The number of aromatic nitrogens is 1. The molecule has 3 aromatic rings. The van der Waals surface area contributed by atoms with E-state index < -0.39 is 0 Å². The van der Waals surface area contributed by atoms with Gasteiger partial charge in [-0.3, -0.25) is 9.88 Å². The summed E-state index contributed by atoms with van der Waals surface area (Å²) in [6.45, 7) is 4.89. The number of rotatable bonds is 5. The van der Waals surface area contributed by atoms with E-state index in [1.54, 1.807) is 11.1 Å². The normalized spacial score (nSPS) is 17.2. The molecule has 3 nitrogen and oxygen atoms in total. The molecule has 0 bridgehead atoms. The lowest BCUT2D eigenvalue weighted by Crippen LogP contribution is -2.32. The lowest BCUT2D eigenvalue weighted by Gasteiger charge is -2.33. The van der Waals surface area contributed by atoms with E-state index in [0.29, 0.717) is 12.6 Å². The largest absolute Gasteiger partial charge is 0.487 e. The molecule has 25 heavy (non-hydrogen) atoms. The average molecular weight is 350 g/mol. The first kappa shape index (κ1) is 16.3. The van der Waals surface area contributed by atoms with Crippen molar-refractivity contribution in [3.8, 4) is 5.75 Å². The van der Waals surface area contributed by atoms with Gasteiger partial charge in [0.25, 0.3) is 0 Å². The Morgan fingerprint density at radius 3 is 3.04 bits per heavy atom. The van der Waals surface area contributed by atoms with Crippen LogP contribution in [0.25, 0.3) is 0 Å². The monoisotopic (exact) mass is 350 g/mol. The number of hydrogen-bond donors (Lipinski definition) is 0. The second kappa shape index (κ2) is 7.38. The first-order valence-corrected chi connectivity index (χ1v) is 9.59. The number of ether oxygens (including phenoxy) is 1. The maximum atomic E-state index is 5.91. The Morgan fingerprint density at radius 1 is 1.20 bits per heavy atom. The van der Waals surface area contributed by atoms with Crippen molar-refractivity contribution in [3.05, 3.63) is 81.8 Å². The van der Waals surface area contributed by atoms with E-state index in [-0.39, 0.29) is 0 Å². The Labute approximate surface area is 152 Å². The first-order valence-electron chi connectivity index (χ1n) is 8.71. The summed E-state index contributed by atoms with van der Waals surface area (Å²) < 4.78 is 5.91. The number of thiophene rings is 1. The van der Waals surface area contributed by atoms with Crippen LogP contribution < -0.4 is 4.74 Å². The molecule has 0 saturated carbocycles. The second-order valence-electron chi connectivity index (χ2n) is 6.45. The van der Waals surface area contributed by atoms with Gasteiger partial charge in [-0.1, -0.05) is 18.2 Å². The van der Waals surface area contributed by atoms with Gasteiger partial charge in [-0.05, 0) is 60.2 Å². The molecule has 1 unspecified atom stereocenters. The Morgan fingerprint density at radius 2 is 2.16 bits per heavy atom. The Balaban J connectivity index is 1.42. The number of nitrogens with zero attached hydrogens (tertiary/aromatic N) is 2. The molecule has 0 aliphatic carbocycles. The number of benzene rings is 1. The van der Waals surface area contributed by atoms with Gasteiger partial charge in [0, 0.05) is 30.2 Å². The molecule has 0 N–H and O–H groups in total. The zero-order chi connectivity index (χ0) is 17.1. The van der Waals surface area contributed by atoms with Crippen molar-refractivity contribution >= 4 is 11.3 Å². The van der Waals surface area contributed by atoms with Crippen LogP contribution in [-0.4, -0.2) is 16.4 Å². The van der Waals surface area contributed by atoms with Crippen molar-refractivity contribution < 1.29 is 4.74 Å². The van der Waals surface area contributed by atoms with Crippen LogP contribution in [-0.2, 0) is 19.6 Å². The van der Waals surface area contributed by atoms with Gasteiger partial charge in [-0.25, -0.2) is 0 Å². The van der Waals surface area contributed by atoms with Crippen LogP contribution in [0.5, 0.6) is 5.75 Å². The third kappa shape index (κ3) is 3.75. The van der Waals surface area contributed by atoms with E-state index in [4.69, 9.17) is 4.74 Å². The van der Waals surface area contributed by atoms with Gasteiger partial charge in [-0.2, -0.15) is 0 Å². The summed E-state index contributed by atoms with van der Waals surface area (Å²) in [6, 6.07) is 17.1. The summed E-state index contributed by atoms with van der Waals surface area (Å²) >= 11 is 1.89. The highest BCUT2D eigenvalue weighted by Crippen LogP contribution is 2.33. The van der Waals surface area contributed by atoms with E-state index in [2.05, 4.69) is 46.5 Å². The van der Waals surface area contributed by atoms with Crippen molar-refractivity contribution in [2.24, 2.45) is 0 Å². The molecule has 4 rings (SSSR count). The minimum atomic E-state index is 0.480.